The number of amides is 2. The predicted molar refractivity (Wildman–Crippen MR) is 167 cm³/mol. The summed E-state index contributed by atoms with van der Waals surface area (Å²) in [5.74, 6) is -0.877. The van der Waals surface area contributed by atoms with E-state index in [2.05, 4.69) is 27.9 Å². The Hall–Kier alpha value is -2.34. The zero-order chi connectivity index (χ0) is 28.9. The van der Waals surface area contributed by atoms with Gasteiger partial charge in [0.05, 0.1) is 10.6 Å². The van der Waals surface area contributed by atoms with Crippen LogP contribution in [0.25, 0.3) is 0 Å². The number of anilines is 1. The van der Waals surface area contributed by atoms with Crippen LogP contribution in [-0.4, -0.2) is 43.8 Å². The van der Waals surface area contributed by atoms with Gasteiger partial charge in [0.1, 0.15) is 12.6 Å². The van der Waals surface area contributed by atoms with Gasteiger partial charge in [-0.05, 0) is 90.9 Å². The third-order valence-electron chi connectivity index (χ3n) is 6.98. The van der Waals surface area contributed by atoms with Gasteiger partial charge in [0.15, 0.2) is 0 Å². The monoisotopic (exact) mass is 713 g/mol. The predicted octanol–water partition coefficient (Wildman–Crippen LogP) is 6.27. The fourth-order valence-electron chi connectivity index (χ4n) is 4.68. The fraction of sp³-hybridized carbons (Fsp3) is 0.310. The van der Waals surface area contributed by atoms with E-state index in [-0.39, 0.29) is 23.4 Å². The number of carbonyl (C=O) groups excluding carboxylic acids is 2. The molecule has 11 heteroatoms. The van der Waals surface area contributed by atoms with Crippen LogP contribution in [0.1, 0.15) is 38.2 Å². The molecule has 0 unspecified atom stereocenters. The quantitative estimate of drug-likeness (QED) is 0.251. The van der Waals surface area contributed by atoms with E-state index in [0.717, 1.165) is 33.6 Å². The van der Waals surface area contributed by atoms with Crippen molar-refractivity contribution in [2.24, 2.45) is 0 Å². The summed E-state index contributed by atoms with van der Waals surface area (Å²) >= 11 is 15.0. The van der Waals surface area contributed by atoms with Crippen LogP contribution in [0.15, 0.2) is 77.7 Å². The average Bonchev–Trinajstić information content (AvgIpc) is 3.45. The lowest BCUT2D eigenvalue weighted by atomic mass is 10.1. The number of halogens is 3. The van der Waals surface area contributed by atoms with Gasteiger partial charge in [-0.15, -0.1) is 0 Å². The van der Waals surface area contributed by atoms with Crippen molar-refractivity contribution < 1.29 is 18.0 Å². The van der Waals surface area contributed by atoms with Crippen molar-refractivity contribution in [2.75, 3.05) is 10.8 Å². The second-order valence-electron chi connectivity index (χ2n) is 9.69. The molecule has 0 aromatic heterocycles. The number of hydrogen-bond donors (Lipinski definition) is 1. The minimum absolute atomic E-state index is 0.0501. The van der Waals surface area contributed by atoms with Crippen molar-refractivity contribution in [3.63, 3.8) is 0 Å². The van der Waals surface area contributed by atoms with Gasteiger partial charge in [-0.3, -0.25) is 13.9 Å². The lowest BCUT2D eigenvalue weighted by Gasteiger charge is -2.33. The number of rotatable bonds is 10. The molecule has 3 aromatic rings. The topological polar surface area (TPSA) is 86.8 Å². The van der Waals surface area contributed by atoms with Crippen LogP contribution in [-0.2, 0) is 26.2 Å². The molecule has 212 valence electrons. The number of hydrogen-bond acceptors (Lipinski definition) is 4. The molecule has 0 saturated heterocycles. The number of nitrogens with zero attached hydrogens (tertiary/aromatic N) is 2. The standard InChI is InChI=1S/C29H30Cl2IN3O4S/c1-20(29(37)33-22-8-5-6-9-22)34(18-25-26(30)12-7-13-27(25)31)28(36)19-35(23-16-14-21(32)15-17-23)40(38,39)24-10-3-2-4-11-24/h2-4,7,10-17,20,22H,5-6,8-9,18-19H2,1H3,(H,33,37)/t20-/m0/s1. The van der Waals surface area contributed by atoms with Gasteiger partial charge in [-0.1, -0.05) is 60.3 Å². The van der Waals surface area contributed by atoms with Crippen molar-refractivity contribution in [1.82, 2.24) is 10.2 Å². The Kier molecular flexibility index (Phi) is 10.4. The molecule has 0 heterocycles. The summed E-state index contributed by atoms with van der Waals surface area (Å²) in [7, 11) is -4.12. The van der Waals surface area contributed by atoms with E-state index in [1.807, 2.05) is 0 Å². The molecule has 4 rings (SSSR count). The SMILES string of the molecule is C[C@@H](C(=O)NC1CCCC1)N(Cc1c(Cl)cccc1Cl)C(=O)CN(c1ccc(I)cc1)S(=O)(=O)c1ccccc1. The van der Waals surface area contributed by atoms with E-state index in [9.17, 15) is 18.0 Å². The van der Waals surface area contributed by atoms with Crippen molar-refractivity contribution in [2.45, 2.75) is 56.1 Å². The Morgan fingerprint density at radius 3 is 2.15 bits per heavy atom. The molecule has 1 aliphatic rings. The van der Waals surface area contributed by atoms with Gasteiger partial charge in [0.25, 0.3) is 10.0 Å². The Morgan fingerprint density at radius 2 is 1.55 bits per heavy atom. The third-order valence-corrected chi connectivity index (χ3v) is 10.2. The van der Waals surface area contributed by atoms with Gasteiger partial charge in [-0.2, -0.15) is 0 Å². The molecule has 2 amide bonds. The van der Waals surface area contributed by atoms with Gasteiger partial charge in [0.2, 0.25) is 11.8 Å². The molecule has 3 aromatic carbocycles. The highest BCUT2D eigenvalue weighted by molar-refractivity contribution is 14.1. The Labute approximate surface area is 259 Å². The average molecular weight is 714 g/mol. The van der Waals surface area contributed by atoms with E-state index in [1.54, 1.807) is 67.6 Å². The van der Waals surface area contributed by atoms with Gasteiger partial charge in [-0.25, -0.2) is 8.42 Å². The number of benzene rings is 3. The summed E-state index contributed by atoms with van der Waals surface area (Å²) in [6.45, 7) is 1.04. The maximum Gasteiger partial charge on any atom is 0.264 e. The molecule has 1 atom stereocenters. The smallest absolute Gasteiger partial charge is 0.264 e. The molecule has 1 saturated carbocycles. The van der Waals surface area contributed by atoms with E-state index < -0.39 is 28.5 Å². The number of sulfonamides is 1. The van der Waals surface area contributed by atoms with Crippen LogP contribution in [0, 0.1) is 3.57 Å². The van der Waals surface area contributed by atoms with Crippen LogP contribution >= 0.6 is 45.8 Å². The molecule has 1 N–H and O–H groups in total. The number of nitrogens with one attached hydrogen (secondary N) is 1. The summed E-state index contributed by atoms with van der Waals surface area (Å²) in [4.78, 5) is 28.7. The Morgan fingerprint density at radius 1 is 0.950 bits per heavy atom. The molecule has 0 radical (unpaired) electrons. The van der Waals surface area contributed by atoms with Crippen LogP contribution in [0.2, 0.25) is 10.0 Å². The first-order valence-electron chi connectivity index (χ1n) is 12.9. The molecular weight excluding hydrogens is 684 g/mol. The summed E-state index contributed by atoms with van der Waals surface area (Å²) in [5, 5.41) is 3.74. The third kappa shape index (κ3) is 7.29. The highest BCUT2D eigenvalue weighted by Gasteiger charge is 2.34. The molecule has 0 bridgehead atoms. The highest BCUT2D eigenvalue weighted by Crippen LogP contribution is 2.29. The summed E-state index contributed by atoms with van der Waals surface area (Å²) in [5.41, 5.74) is 0.808. The summed E-state index contributed by atoms with van der Waals surface area (Å²) in [6.07, 6.45) is 3.86. The zero-order valence-corrected chi connectivity index (χ0v) is 26.4. The maximum atomic E-state index is 14.0. The Balaban J connectivity index is 1.70. The van der Waals surface area contributed by atoms with Crippen molar-refractivity contribution in [3.05, 3.63) is 92.0 Å². The number of carbonyl (C=O) groups is 2. The molecule has 7 nitrogen and oxygen atoms in total. The Bertz CT molecular complexity index is 1430. The van der Waals surface area contributed by atoms with Gasteiger partial charge >= 0.3 is 0 Å². The molecule has 1 aliphatic carbocycles. The summed E-state index contributed by atoms with van der Waals surface area (Å²) < 4.78 is 29.6. The minimum atomic E-state index is -4.12. The summed E-state index contributed by atoms with van der Waals surface area (Å²) in [6, 6.07) is 19.0. The first-order valence-corrected chi connectivity index (χ1v) is 16.2. The normalized spacial score (nSPS) is 14.5. The molecule has 1 fully saturated rings. The lowest BCUT2D eigenvalue weighted by Crippen LogP contribution is -2.52. The second-order valence-corrected chi connectivity index (χ2v) is 13.6. The van der Waals surface area contributed by atoms with E-state index in [1.165, 1.54) is 17.0 Å². The highest BCUT2D eigenvalue weighted by atomic mass is 127. The van der Waals surface area contributed by atoms with Crippen molar-refractivity contribution in [3.8, 4) is 0 Å². The van der Waals surface area contributed by atoms with Gasteiger partial charge in [0, 0.05) is 31.8 Å². The molecule has 0 aliphatic heterocycles. The van der Waals surface area contributed by atoms with Crippen molar-refractivity contribution >= 4 is 73.3 Å². The molecule has 0 spiro atoms. The largest absolute Gasteiger partial charge is 0.352 e. The molecule has 40 heavy (non-hydrogen) atoms. The van der Waals surface area contributed by atoms with E-state index in [4.69, 9.17) is 23.2 Å². The van der Waals surface area contributed by atoms with E-state index >= 15 is 0 Å². The van der Waals surface area contributed by atoms with Gasteiger partial charge < -0.3 is 10.2 Å². The second kappa shape index (κ2) is 13.5. The van der Waals surface area contributed by atoms with Crippen molar-refractivity contribution in [1.29, 1.82) is 0 Å². The van der Waals surface area contributed by atoms with Crippen LogP contribution in [0.3, 0.4) is 0 Å². The van der Waals surface area contributed by atoms with Crippen LogP contribution < -0.4 is 9.62 Å². The van der Waals surface area contributed by atoms with Crippen LogP contribution in [0.4, 0.5) is 5.69 Å². The zero-order valence-electron chi connectivity index (χ0n) is 21.9. The lowest BCUT2D eigenvalue weighted by molar-refractivity contribution is -0.139. The van der Waals surface area contributed by atoms with E-state index in [0.29, 0.717) is 21.3 Å². The first kappa shape index (κ1) is 30.6. The maximum absolute atomic E-state index is 14.0. The van der Waals surface area contributed by atoms with Crippen LogP contribution in [0.5, 0.6) is 0 Å². The first-order chi connectivity index (χ1) is 19.1. The minimum Gasteiger partial charge on any atom is -0.352 e. The molecular formula is C29H30Cl2IN3O4S. The fourth-order valence-corrected chi connectivity index (χ4v) is 7.00.